The quantitative estimate of drug-likeness (QED) is 0.938. The highest BCUT2D eigenvalue weighted by atomic mass is 79.9. The van der Waals surface area contributed by atoms with Crippen LogP contribution >= 0.6 is 15.9 Å². The molecule has 100 valence electrons. The van der Waals surface area contributed by atoms with Crippen LogP contribution in [0.3, 0.4) is 0 Å². The van der Waals surface area contributed by atoms with Gasteiger partial charge in [-0.05, 0) is 42.3 Å². The van der Waals surface area contributed by atoms with Gasteiger partial charge >= 0.3 is 0 Å². The van der Waals surface area contributed by atoms with E-state index in [0.29, 0.717) is 12.1 Å². The number of rotatable bonds is 4. The molecule has 0 aliphatic carbocycles. The highest BCUT2D eigenvalue weighted by Crippen LogP contribution is 2.27. The highest BCUT2D eigenvalue weighted by Gasteiger charge is 2.13. The van der Waals surface area contributed by atoms with Gasteiger partial charge in [-0.1, -0.05) is 22.0 Å². The summed E-state index contributed by atoms with van der Waals surface area (Å²) >= 11 is 3.43. The largest absolute Gasteiger partial charge is 0.496 e. The van der Waals surface area contributed by atoms with Crippen molar-refractivity contribution in [2.75, 3.05) is 7.11 Å². The van der Waals surface area contributed by atoms with E-state index < -0.39 is 6.10 Å². The van der Waals surface area contributed by atoms with Gasteiger partial charge < -0.3 is 9.84 Å². The number of nitrogens with zero attached hydrogens (tertiary/aromatic N) is 1. The number of pyridine rings is 1. The van der Waals surface area contributed by atoms with Gasteiger partial charge in [-0.25, -0.2) is 0 Å². The van der Waals surface area contributed by atoms with Crippen LogP contribution in [0.25, 0.3) is 0 Å². The fraction of sp³-hybridized carbons (Fsp3) is 0.267. The molecule has 0 saturated heterocycles. The lowest BCUT2D eigenvalue weighted by molar-refractivity contribution is 0.172. The maximum absolute atomic E-state index is 10.2. The molecule has 0 fully saturated rings. The zero-order chi connectivity index (χ0) is 13.8. The molecule has 1 atom stereocenters. The van der Waals surface area contributed by atoms with E-state index in [1.807, 2.05) is 37.3 Å². The molecule has 0 spiro atoms. The molecule has 19 heavy (non-hydrogen) atoms. The number of ether oxygens (including phenoxy) is 1. The average Bonchev–Trinajstić information content (AvgIpc) is 2.39. The van der Waals surface area contributed by atoms with Gasteiger partial charge in [0.25, 0.3) is 0 Å². The van der Waals surface area contributed by atoms with E-state index in [4.69, 9.17) is 4.74 Å². The molecule has 0 radical (unpaired) electrons. The summed E-state index contributed by atoms with van der Waals surface area (Å²) < 4.78 is 6.27. The molecule has 4 heteroatoms. The Morgan fingerprint density at radius 2 is 2.11 bits per heavy atom. The van der Waals surface area contributed by atoms with E-state index in [-0.39, 0.29) is 0 Å². The lowest BCUT2D eigenvalue weighted by Gasteiger charge is -2.13. The second-order valence-corrected chi connectivity index (χ2v) is 5.35. The predicted octanol–water partition coefficient (Wildman–Crippen LogP) is 3.44. The van der Waals surface area contributed by atoms with Crippen LogP contribution in [0.1, 0.15) is 22.9 Å². The number of aliphatic hydroxyl groups excluding tert-OH is 1. The summed E-state index contributed by atoms with van der Waals surface area (Å²) in [5, 5.41) is 10.2. The van der Waals surface area contributed by atoms with Crippen LogP contribution in [-0.4, -0.2) is 17.2 Å². The minimum atomic E-state index is -0.635. The summed E-state index contributed by atoms with van der Waals surface area (Å²) in [5.74, 6) is 0.773. The number of aliphatic hydroxyl groups is 1. The van der Waals surface area contributed by atoms with Crippen LogP contribution in [0, 0.1) is 6.92 Å². The van der Waals surface area contributed by atoms with Crippen molar-refractivity contribution >= 4 is 15.9 Å². The van der Waals surface area contributed by atoms with Crippen molar-refractivity contribution in [2.45, 2.75) is 19.4 Å². The second-order valence-electron chi connectivity index (χ2n) is 4.44. The third kappa shape index (κ3) is 3.55. The molecular formula is C15H16BrNO2. The van der Waals surface area contributed by atoms with Crippen LogP contribution in [0.4, 0.5) is 0 Å². The summed E-state index contributed by atoms with van der Waals surface area (Å²) in [6, 6.07) is 9.55. The molecule has 0 aliphatic rings. The molecule has 1 aromatic heterocycles. The third-order valence-corrected chi connectivity index (χ3v) is 3.42. The fourth-order valence-corrected chi connectivity index (χ4v) is 2.30. The first-order valence-electron chi connectivity index (χ1n) is 6.03. The van der Waals surface area contributed by atoms with Crippen LogP contribution in [0.5, 0.6) is 5.75 Å². The van der Waals surface area contributed by atoms with Crippen molar-refractivity contribution in [3.63, 3.8) is 0 Å². The molecule has 1 aromatic carbocycles. The van der Waals surface area contributed by atoms with Gasteiger partial charge in [0.05, 0.1) is 12.8 Å². The summed E-state index contributed by atoms with van der Waals surface area (Å²) in [7, 11) is 1.63. The number of methoxy groups -OCH3 is 1. The Morgan fingerprint density at radius 3 is 2.74 bits per heavy atom. The SMILES string of the molecule is COc1ccc(Br)cc1CC(O)c1ccc(C)cn1. The summed E-state index contributed by atoms with van der Waals surface area (Å²) in [5.41, 5.74) is 2.70. The van der Waals surface area contributed by atoms with Crippen molar-refractivity contribution in [1.82, 2.24) is 4.98 Å². The van der Waals surface area contributed by atoms with Gasteiger partial charge in [-0.2, -0.15) is 0 Å². The van der Waals surface area contributed by atoms with Crippen molar-refractivity contribution in [3.8, 4) is 5.75 Å². The standard InChI is InChI=1S/C15H16BrNO2/c1-10-3-5-13(17-9-10)14(18)8-11-7-12(16)4-6-15(11)19-2/h3-7,9,14,18H,8H2,1-2H3. The van der Waals surface area contributed by atoms with Crippen molar-refractivity contribution in [2.24, 2.45) is 0 Å². The van der Waals surface area contributed by atoms with Crippen LogP contribution < -0.4 is 4.74 Å². The Bertz CT molecular complexity index is 555. The van der Waals surface area contributed by atoms with Crippen LogP contribution in [0.15, 0.2) is 41.0 Å². The maximum Gasteiger partial charge on any atom is 0.122 e. The Hall–Kier alpha value is -1.39. The normalized spacial score (nSPS) is 12.2. The van der Waals surface area contributed by atoms with Crippen LogP contribution in [-0.2, 0) is 6.42 Å². The molecular weight excluding hydrogens is 306 g/mol. The molecule has 1 heterocycles. The average molecular weight is 322 g/mol. The Labute approximate surface area is 121 Å². The van der Waals surface area contributed by atoms with Gasteiger partial charge in [-0.3, -0.25) is 4.98 Å². The summed E-state index contributed by atoms with van der Waals surface area (Å²) in [6.45, 7) is 1.97. The third-order valence-electron chi connectivity index (χ3n) is 2.93. The zero-order valence-electron chi connectivity index (χ0n) is 10.9. The first kappa shape index (κ1) is 14.0. The van der Waals surface area contributed by atoms with E-state index in [0.717, 1.165) is 21.3 Å². The molecule has 1 unspecified atom stereocenters. The number of aromatic nitrogens is 1. The molecule has 0 aliphatic heterocycles. The van der Waals surface area contributed by atoms with Gasteiger partial charge in [-0.15, -0.1) is 0 Å². The minimum Gasteiger partial charge on any atom is -0.496 e. The number of benzene rings is 1. The van der Waals surface area contributed by atoms with E-state index >= 15 is 0 Å². The number of aryl methyl sites for hydroxylation is 1. The summed E-state index contributed by atoms with van der Waals surface area (Å²) in [4.78, 5) is 4.25. The van der Waals surface area contributed by atoms with E-state index in [1.165, 1.54) is 0 Å². The van der Waals surface area contributed by atoms with Gasteiger partial charge in [0, 0.05) is 17.1 Å². The predicted molar refractivity (Wildman–Crippen MR) is 78.3 cm³/mol. The zero-order valence-corrected chi connectivity index (χ0v) is 12.5. The molecule has 0 saturated carbocycles. The highest BCUT2D eigenvalue weighted by molar-refractivity contribution is 9.10. The number of hydrogen-bond donors (Lipinski definition) is 1. The molecule has 3 nitrogen and oxygen atoms in total. The molecule has 0 bridgehead atoms. The number of halogens is 1. The Kier molecular flexibility index (Phi) is 4.56. The van der Waals surface area contributed by atoms with Crippen molar-refractivity contribution in [1.29, 1.82) is 0 Å². The Morgan fingerprint density at radius 1 is 1.32 bits per heavy atom. The molecule has 2 rings (SSSR count). The Balaban J connectivity index is 2.20. The van der Waals surface area contributed by atoms with E-state index in [1.54, 1.807) is 13.3 Å². The van der Waals surface area contributed by atoms with Crippen molar-refractivity contribution in [3.05, 3.63) is 57.8 Å². The van der Waals surface area contributed by atoms with Gasteiger partial charge in [0.1, 0.15) is 11.9 Å². The molecule has 2 aromatic rings. The topological polar surface area (TPSA) is 42.4 Å². The summed E-state index contributed by atoms with van der Waals surface area (Å²) in [6.07, 6.45) is 1.60. The van der Waals surface area contributed by atoms with E-state index in [9.17, 15) is 5.11 Å². The lowest BCUT2D eigenvalue weighted by Crippen LogP contribution is -2.05. The maximum atomic E-state index is 10.2. The second kappa shape index (κ2) is 6.17. The smallest absolute Gasteiger partial charge is 0.122 e. The minimum absolute atomic E-state index is 0.471. The first-order valence-corrected chi connectivity index (χ1v) is 6.82. The first-order chi connectivity index (χ1) is 9.10. The van der Waals surface area contributed by atoms with Gasteiger partial charge in [0.15, 0.2) is 0 Å². The van der Waals surface area contributed by atoms with Crippen LogP contribution in [0.2, 0.25) is 0 Å². The fourth-order valence-electron chi connectivity index (χ4n) is 1.90. The van der Waals surface area contributed by atoms with Gasteiger partial charge in [0.2, 0.25) is 0 Å². The number of hydrogen-bond acceptors (Lipinski definition) is 3. The monoisotopic (exact) mass is 321 g/mol. The molecule has 1 N–H and O–H groups in total. The lowest BCUT2D eigenvalue weighted by atomic mass is 10.0. The van der Waals surface area contributed by atoms with Crippen molar-refractivity contribution < 1.29 is 9.84 Å². The molecule has 0 amide bonds. The van der Waals surface area contributed by atoms with E-state index in [2.05, 4.69) is 20.9 Å².